The molecule has 0 bridgehead atoms. The Morgan fingerprint density at radius 3 is 2.76 bits per heavy atom. The van der Waals surface area contributed by atoms with Gasteiger partial charge in [-0.3, -0.25) is 4.79 Å². The van der Waals surface area contributed by atoms with Crippen molar-refractivity contribution in [2.24, 2.45) is 11.7 Å². The van der Waals surface area contributed by atoms with Gasteiger partial charge in [0.25, 0.3) is 5.91 Å². The van der Waals surface area contributed by atoms with Gasteiger partial charge >= 0.3 is 0 Å². The minimum Gasteiger partial charge on any atom is -0.338 e. The van der Waals surface area contributed by atoms with Crippen molar-refractivity contribution in [3.63, 3.8) is 0 Å². The van der Waals surface area contributed by atoms with Crippen LogP contribution < -0.4 is 5.73 Å². The number of hydrogen-bond donors (Lipinski definition) is 1. The summed E-state index contributed by atoms with van der Waals surface area (Å²) in [6.07, 6.45) is 0.976. The molecular formula is C12H14Cl2N2O. The van der Waals surface area contributed by atoms with Crippen molar-refractivity contribution < 1.29 is 4.79 Å². The van der Waals surface area contributed by atoms with E-state index in [9.17, 15) is 4.79 Å². The number of carbonyl (C=O) groups is 1. The van der Waals surface area contributed by atoms with Crippen LogP contribution >= 0.6 is 23.2 Å². The largest absolute Gasteiger partial charge is 0.338 e. The second kappa shape index (κ2) is 5.25. The van der Waals surface area contributed by atoms with Crippen LogP contribution in [0.15, 0.2) is 18.2 Å². The number of likely N-dealkylation sites (tertiary alicyclic amines) is 1. The second-order valence-corrected chi connectivity index (χ2v) is 5.08. The van der Waals surface area contributed by atoms with E-state index in [1.54, 1.807) is 18.2 Å². The number of rotatable bonds is 2. The summed E-state index contributed by atoms with van der Waals surface area (Å²) in [5, 5.41) is 0.872. The number of amides is 1. The third kappa shape index (κ3) is 2.73. The summed E-state index contributed by atoms with van der Waals surface area (Å²) in [5.41, 5.74) is 6.18. The normalized spacial score (nSPS) is 19.7. The first kappa shape index (κ1) is 12.7. The van der Waals surface area contributed by atoms with Crippen LogP contribution in [0.5, 0.6) is 0 Å². The van der Waals surface area contributed by atoms with E-state index in [2.05, 4.69) is 0 Å². The van der Waals surface area contributed by atoms with Gasteiger partial charge in [0.1, 0.15) is 0 Å². The molecule has 3 nitrogen and oxygen atoms in total. The highest BCUT2D eigenvalue weighted by Gasteiger charge is 2.26. The Bertz CT molecular complexity index is 437. The average Bonchev–Trinajstić information content (AvgIpc) is 2.80. The Hall–Kier alpha value is -0.770. The Kier molecular flexibility index (Phi) is 3.92. The molecule has 1 saturated heterocycles. The van der Waals surface area contributed by atoms with Crippen LogP contribution in [0.4, 0.5) is 0 Å². The third-order valence-electron chi connectivity index (χ3n) is 3.07. The molecule has 17 heavy (non-hydrogen) atoms. The van der Waals surface area contributed by atoms with Crippen LogP contribution in [0, 0.1) is 5.92 Å². The van der Waals surface area contributed by atoms with E-state index in [1.165, 1.54) is 0 Å². The molecule has 5 heteroatoms. The van der Waals surface area contributed by atoms with Gasteiger partial charge in [0.15, 0.2) is 0 Å². The zero-order chi connectivity index (χ0) is 12.4. The Morgan fingerprint density at radius 1 is 1.41 bits per heavy atom. The molecule has 1 aromatic carbocycles. The van der Waals surface area contributed by atoms with Crippen LogP contribution in [-0.4, -0.2) is 30.4 Å². The summed E-state index contributed by atoms with van der Waals surface area (Å²) in [4.78, 5) is 14.0. The van der Waals surface area contributed by atoms with Gasteiger partial charge in [0, 0.05) is 18.7 Å². The Labute approximate surface area is 110 Å². The summed E-state index contributed by atoms with van der Waals surface area (Å²) in [7, 11) is 0. The predicted octanol–water partition coefficient (Wildman–Crippen LogP) is 2.41. The lowest BCUT2D eigenvalue weighted by Crippen LogP contribution is -2.29. The van der Waals surface area contributed by atoms with Gasteiger partial charge in [-0.15, -0.1) is 0 Å². The first-order valence-electron chi connectivity index (χ1n) is 5.56. The van der Waals surface area contributed by atoms with Gasteiger partial charge in [0.05, 0.1) is 10.0 Å². The smallest absolute Gasteiger partial charge is 0.253 e. The molecule has 1 aliphatic heterocycles. The number of nitrogens with zero attached hydrogens (tertiary/aromatic N) is 1. The monoisotopic (exact) mass is 272 g/mol. The van der Waals surface area contributed by atoms with Gasteiger partial charge < -0.3 is 10.6 Å². The lowest BCUT2D eigenvalue weighted by atomic mass is 10.1. The molecule has 0 radical (unpaired) electrons. The van der Waals surface area contributed by atoms with Gasteiger partial charge in [-0.1, -0.05) is 23.2 Å². The fourth-order valence-corrected chi connectivity index (χ4v) is 2.32. The maximum absolute atomic E-state index is 12.2. The first-order valence-corrected chi connectivity index (χ1v) is 6.32. The highest BCUT2D eigenvalue weighted by atomic mass is 35.5. The molecular weight excluding hydrogens is 259 g/mol. The third-order valence-corrected chi connectivity index (χ3v) is 3.81. The summed E-state index contributed by atoms with van der Waals surface area (Å²) < 4.78 is 0. The molecule has 2 N–H and O–H groups in total. The molecule has 0 spiro atoms. The predicted molar refractivity (Wildman–Crippen MR) is 69.5 cm³/mol. The van der Waals surface area contributed by atoms with E-state index in [0.29, 0.717) is 28.1 Å². The number of halogens is 2. The Morgan fingerprint density at radius 2 is 2.18 bits per heavy atom. The quantitative estimate of drug-likeness (QED) is 0.899. The van der Waals surface area contributed by atoms with Crippen molar-refractivity contribution in [2.75, 3.05) is 19.6 Å². The summed E-state index contributed by atoms with van der Waals surface area (Å²) in [5.74, 6) is 0.418. The molecule has 1 heterocycles. The van der Waals surface area contributed by atoms with Crippen molar-refractivity contribution in [2.45, 2.75) is 6.42 Å². The minimum atomic E-state index is -0.000448. The van der Waals surface area contributed by atoms with Crippen molar-refractivity contribution in [3.8, 4) is 0 Å². The van der Waals surface area contributed by atoms with Crippen LogP contribution in [0.2, 0.25) is 10.0 Å². The molecule has 0 aliphatic carbocycles. The maximum Gasteiger partial charge on any atom is 0.253 e. The maximum atomic E-state index is 12.2. The van der Waals surface area contributed by atoms with Crippen molar-refractivity contribution in [1.82, 2.24) is 4.90 Å². The molecule has 0 saturated carbocycles. The SMILES string of the molecule is NCC1CCN(C(=O)c2ccc(Cl)c(Cl)c2)C1. The summed E-state index contributed by atoms with van der Waals surface area (Å²) >= 11 is 11.7. The number of carbonyl (C=O) groups excluding carboxylic acids is 1. The van der Waals surface area contributed by atoms with E-state index < -0.39 is 0 Å². The fourth-order valence-electron chi connectivity index (χ4n) is 2.02. The van der Waals surface area contributed by atoms with E-state index in [4.69, 9.17) is 28.9 Å². The number of hydrogen-bond acceptors (Lipinski definition) is 2. The fraction of sp³-hybridized carbons (Fsp3) is 0.417. The molecule has 1 atom stereocenters. The van der Waals surface area contributed by atoms with Crippen LogP contribution in [-0.2, 0) is 0 Å². The minimum absolute atomic E-state index is 0.000448. The molecule has 1 fully saturated rings. The zero-order valence-corrected chi connectivity index (χ0v) is 10.8. The highest BCUT2D eigenvalue weighted by Crippen LogP contribution is 2.24. The van der Waals surface area contributed by atoms with Gasteiger partial charge in [-0.05, 0) is 37.1 Å². The van der Waals surface area contributed by atoms with Crippen LogP contribution in [0.3, 0.4) is 0 Å². The van der Waals surface area contributed by atoms with Gasteiger partial charge in [0.2, 0.25) is 0 Å². The van der Waals surface area contributed by atoms with E-state index in [0.717, 1.165) is 19.5 Å². The number of benzene rings is 1. The summed E-state index contributed by atoms with van der Waals surface area (Å²) in [6.45, 7) is 2.13. The first-order chi connectivity index (χ1) is 8.11. The summed E-state index contributed by atoms with van der Waals surface area (Å²) in [6, 6.07) is 4.96. The van der Waals surface area contributed by atoms with Crippen LogP contribution in [0.1, 0.15) is 16.8 Å². The average molecular weight is 273 g/mol. The van der Waals surface area contributed by atoms with Gasteiger partial charge in [-0.2, -0.15) is 0 Å². The molecule has 1 unspecified atom stereocenters. The standard InChI is InChI=1S/C12H14Cl2N2O/c13-10-2-1-9(5-11(10)14)12(17)16-4-3-8(6-15)7-16/h1-2,5,8H,3-4,6-7,15H2. The number of nitrogens with two attached hydrogens (primary N) is 1. The van der Waals surface area contributed by atoms with Crippen LogP contribution in [0.25, 0.3) is 0 Å². The molecule has 1 aromatic rings. The molecule has 1 aliphatic rings. The van der Waals surface area contributed by atoms with E-state index in [1.807, 2.05) is 4.90 Å². The van der Waals surface area contributed by atoms with Crippen molar-refractivity contribution >= 4 is 29.1 Å². The van der Waals surface area contributed by atoms with Crippen molar-refractivity contribution in [1.29, 1.82) is 0 Å². The molecule has 1 amide bonds. The topological polar surface area (TPSA) is 46.3 Å². The Balaban J connectivity index is 2.12. The molecule has 2 rings (SSSR count). The second-order valence-electron chi connectivity index (χ2n) is 4.27. The lowest BCUT2D eigenvalue weighted by Gasteiger charge is -2.16. The molecule has 92 valence electrons. The molecule has 0 aromatic heterocycles. The van der Waals surface area contributed by atoms with Gasteiger partial charge in [-0.25, -0.2) is 0 Å². The lowest BCUT2D eigenvalue weighted by molar-refractivity contribution is 0.0787. The van der Waals surface area contributed by atoms with Crippen molar-refractivity contribution in [3.05, 3.63) is 33.8 Å². The highest BCUT2D eigenvalue weighted by molar-refractivity contribution is 6.42. The van der Waals surface area contributed by atoms with E-state index in [-0.39, 0.29) is 5.91 Å². The zero-order valence-electron chi connectivity index (χ0n) is 9.33. The van der Waals surface area contributed by atoms with E-state index >= 15 is 0 Å².